The summed E-state index contributed by atoms with van der Waals surface area (Å²) in [6.07, 6.45) is 2.01. The number of halogens is 3. The summed E-state index contributed by atoms with van der Waals surface area (Å²) in [7, 11) is 0. The molecule has 0 aromatic carbocycles. The highest BCUT2D eigenvalue weighted by Crippen LogP contribution is 2.27. The molecule has 4 heteroatoms. The molecule has 0 radical (unpaired) electrons. The van der Waals surface area contributed by atoms with Gasteiger partial charge in [-0.3, -0.25) is 4.79 Å². The van der Waals surface area contributed by atoms with Crippen molar-refractivity contribution in [2.45, 2.75) is 24.1 Å². The average molecular weight is 218 g/mol. The van der Waals surface area contributed by atoms with Crippen LogP contribution in [0.25, 0.3) is 0 Å². The van der Waals surface area contributed by atoms with Crippen LogP contribution in [0.15, 0.2) is 12.7 Å². The van der Waals surface area contributed by atoms with E-state index in [-0.39, 0.29) is 12.2 Å². The van der Waals surface area contributed by atoms with Crippen LogP contribution in [0.3, 0.4) is 0 Å². The first-order chi connectivity index (χ1) is 4.90. The van der Waals surface area contributed by atoms with E-state index in [0.29, 0.717) is 0 Å². The Balaban J connectivity index is 0. The predicted molar refractivity (Wildman–Crippen MR) is 51.5 cm³/mol. The summed E-state index contributed by atoms with van der Waals surface area (Å²) in [6.45, 7) is 6.89. The number of hydrogen-bond acceptors (Lipinski definition) is 1. The monoisotopic (exact) mass is 216 g/mol. The third-order valence-electron chi connectivity index (χ3n) is 0.637. The van der Waals surface area contributed by atoms with Crippen LogP contribution >= 0.6 is 34.8 Å². The molecule has 0 saturated carbocycles. The molecule has 0 aromatic rings. The second-order valence-electron chi connectivity index (χ2n) is 1.68. The zero-order chi connectivity index (χ0) is 9.49. The van der Waals surface area contributed by atoms with E-state index >= 15 is 0 Å². The minimum atomic E-state index is -1.71. The molecule has 0 aliphatic rings. The summed E-state index contributed by atoms with van der Waals surface area (Å²) in [5, 5.41) is 0. The van der Waals surface area contributed by atoms with E-state index in [1.165, 1.54) is 0 Å². The zero-order valence-electron chi connectivity index (χ0n) is 6.53. The molecule has 0 spiro atoms. The van der Waals surface area contributed by atoms with Gasteiger partial charge in [-0.25, -0.2) is 0 Å². The normalized spacial score (nSPS) is 9.55. The highest BCUT2D eigenvalue weighted by Gasteiger charge is 2.27. The minimum absolute atomic E-state index is 0.260. The van der Waals surface area contributed by atoms with Crippen molar-refractivity contribution in [3.63, 3.8) is 0 Å². The van der Waals surface area contributed by atoms with Crippen molar-refractivity contribution < 1.29 is 4.79 Å². The molecule has 0 heterocycles. The third kappa shape index (κ3) is 10.3. The predicted octanol–water partition coefficient (Wildman–Crippen LogP) is 3.53. The molecule has 0 rings (SSSR count). The van der Waals surface area contributed by atoms with Gasteiger partial charge >= 0.3 is 0 Å². The lowest BCUT2D eigenvalue weighted by Gasteiger charge is -2.04. The van der Waals surface area contributed by atoms with Crippen molar-refractivity contribution in [1.82, 2.24) is 0 Å². The van der Waals surface area contributed by atoms with Gasteiger partial charge in [-0.2, -0.15) is 0 Å². The lowest BCUT2D eigenvalue weighted by atomic mass is 10.3. The lowest BCUT2D eigenvalue weighted by Crippen LogP contribution is -2.16. The second kappa shape index (κ2) is 6.96. The van der Waals surface area contributed by atoms with Gasteiger partial charge in [-0.1, -0.05) is 47.8 Å². The standard InChI is InChI=1S/C4H5Cl3O.C3H6/c1-2-3(8)4(5,6)7;1-3-2/h2H2,1H3;3H,1H2,2H3. The Hall–Kier alpha value is 0.280. The van der Waals surface area contributed by atoms with Gasteiger partial charge in [0, 0.05) is 6.42 Å². The number of rotatable bonds is 1. The second-order valence-corrected chi connectivity index (χ2v) is 3.96. The Kier molecular flexibility index (Phi) is 8.76. The third-order valence-corrected chi connectivity index (χ3v) is 1.27. The van der Waals surface area contributed by atoms with Gasteiger partial charge < -0.3 is 0 Å². The van der Waals surface area contributed by atoms with E-state index in [4.69, 9.17) is 34.8 Å². The summed E-state index contributed by atoms with van der Waals surface area (Å²) >= 11 is 15.5. The van der Waals surface area contributed by atoms with Gasteiger partial charge in [-0.05, 0) is 6.92 Å². The van der Waals surface area contributed by atoms with E-state index in [1.807, 2.05) is 6.92 Å². The molecular formula is C7H11Cl3O. The lowest BCUT2D eigenvalue weighted by molar-refractivity contribution is -0.117. The molecular weight excluding hydrogens is 206 g/mol. The summed E-state index contributed by atoms with van der Waals surface area (Å²) in [5.41, 5.74) is 0. The van der Waals surface area contributed by atoms with Gasteiger partial charge in [0.05, 0.1) is 0 Å². The SMILES string of the molecule is C=CC.CCC(=O)C(Cl)(Cl)Cl. The molecule has 0 amide bonds. The first-order valence-electron chi connectivity index (χ1n) is 3.07. The molecule has 0 fully saturated rings. The van der Waals surface area contributed by atoms with Gasteiger partial charge in [0.15, 0.2) is 5.78 Å². The van der Waals surface area contributed by atoms with Crippen molar-refractivity contribution in [2.75, 3.05) is 0 Å². The van der Waals surface area contributed by atoms with E-state index in [9.17, 15) is 4.79 Å². The molecule has 66 valence electrons. The fourth-order valence-corrected chi connectivity index (χ4v) is 0.601. The number of alkyl halides is 3. The molecule has 0 aliphatic carbocycles. The summed E-state index contributed by atoms with van der Waals surface area (Å²) in [6, 6.07) is 0. The van der Waals surface area contributed by atoms with Gasteiger partial charge in [0.1, 0.15) is 0 Å². The first kappa shape index (κ1) is 13.8. The molecule has 0 atom stereocenters. The highest BCUT2D eigenvalue weighted by atomic mass is 35.6. The van der Waals surface area contributed by atoms with Crippen LogP contribution in [0.4, 0.5) is 0 Å². The van der Waals surface area contributed by atoms with Gasteiger partial charge in [0.2, 0.25) is 3.79 Å². The summed E-state index contributed by atoms with van der Waals surface area (Å²) in [4.78, 5) is 10.4. The van der Waals surface area contributed by atoms with E-state index < -0.39 is 3.79 Å². The maximum Gasteiger partial charge on any atom is 0.248 e. The van der Waals surface area contributed by atoms with Crippen molar-refractivity contribution in [2.24, 2.45) is 0 Å². The largest absolute Gasteiger partial charge is 0.295 e. The maximum atomic E-state index is 10.4. The van der Waals surface area contributed by atoms with Gasteiger partial charge in [-0.15, -0.1) is 6.58 Å². The molecule has 0 unspecified atom stereocenters. The van der Waals surface area contributed by atoms with Crippen molar-refractivity contribution >= 4 is 40.6 Å². The molecule has 1 nitrogen and oxygen atoms in total. The average Bonchev–Trinajstić information content (AvgIpc) is 1.86. The Morgan fingerprint density at radius 1 is 1.55 bits per heavy atom. The number of allylic oxidation sites excluding steroid dienone is 1. The number of carbonyl (C=O) groups is 1. The fraction of sp³-hybridized carbons (Fsp3) is 0.571. The van der Waals surface area contributed by atoms with Crippen LogP contribution in [0.5, 0.6) is 0 Å². The Bertz CT molecular complexity index is 126. The number of carbonyl (C=O) groups excluding carboxylic acids is 1. The van der Waals surface area contributed by atoms with E-state index in [2.05, 4.69) is 6.58 Å². The Morgan fingerprint density at radius 2 is 1.82 bits per heavy atom. The van der Waals surface area contributed by atoms with Crippen LogP contribution in [0.1, 0.15) is 20.3 Å². The zero-order valence-corrected chi connectivity index (χ0v) is 8.80. The number of ketones is 1. The van der Waals surface area contributed by atoms with Crippen LogP contribution in [-0.4, -0.2) is 9.58 Å². The Labute approximate surface area is 82.3 Å². The summed E-state index contributed by atoms with van der Waals surface area (Å²) in [5.74, 6) is -0.373. The highest BCUT2D eigenvalue weighted by molar-refractivity contribution is 6.76. The molecule has 0 bridgehead atoms. The van der Waals surface area contributed by atoms with Crippen LogP contribution in [0.2, 0.25) is 0 Å². The van der Waals surface area contributed by atoms with E-state index in [1.54, 1.807) is 13.0 Å². The van der Waals surface area contributed by atoms with Crippen LogP contribution < -0.4 is 0 Å². The van der Waals surface area contributed by atoms with Gasteiger partial charge in [0.25, 0.3) is 0 Å². The van der Waals surface area contributed by atoms with Crippen molar-refractivity contribution in [3.8, 4) is 0 Å². The molecule has 0 aromatic heterocycles. The smallest absolute Gasteiger partial charge is 0.248 e. The molecule has 11 heavy (non-hydrogen) atoms. The molecule has 0 saturated heterocycles. The Morgan fingerprint density at radius 3 is 1.82 bits per heavy atom. The van der Waals surface area contributed by atoms with Crippen molar-refractivity contribution in [1.29, 1.82) is 0 Å². The first-order valence-corrected chi connectivity index (χ1v) is 4.20. The molecule has 0 aliphatic heterocycles. The fourth-order valence-electron chi connectivity index (χ4n) is 0.200. The number of Topliss-reactive ketones (excluding diaryl/α,β-unsaturated/α-hetero) is 1. The molecule has 0 N–H and O–H groups in total. The van der Waals surface area contributed by atoms with E-state index in [0.717, 1.165) is 0 Å². The van der Waals surface area contributed by atoms with Crippen LogP contribution in [0, 0.1) is 0 Å². The maximum absolute atomic E-state index is 10.4. The topological polar surface area (TPSA) is 17.1 Å². The summed E-state index contributed by atoms with van der Waals surface area (Å²) < 4.78 is -1.71. The minimum Gasteiger partial charge on any atom is -0.295 e. The quantitative estimate of drug-likeness (QED) is 0.485. The van der Waals surface area contributed by atoms with Crippen LogP contribution in [-0.2, 0) is 4.79 Å². The van der Waals surface area contributed by atoms with Crippen molar-refractivity contribution in [3.05, 3.63) is 12.7 Å². The number of hydrogen-bond donors (Lipinski definition) is 0.